The Bertz CT molecular complexity index is 110. The van der Waals surface area contributed by atoms with Crippen molar-refractivity contribution in [2.75, 3.05) is 20.1 Å². The van der Waals surface area contributed by atoms with Gasteiger partial charge in [0.15, 0.2) is 0 Å². The first-order valence-corrected chi connectivity index (χ1v) is 3.96. The Balaban J connectivity index is 2.01. The minimum Gasteiger partial charge on any atom is -0.306 e. The van der Waals surface area contributed by atoms with Crippen molar-refractivity contribution in [3.05, 3.63) is 0 Å². The number of rotatable bonds is 0. The molecule has 1 nitrogen and oxygen atoms in total. The van der Waals surface area contributed by atoms with Gasteiger partial charge >= 0.3 is 0 Å². The van der Waals surface area contributed by atoms with Gasteiger partial charge in [-0.25, -0.2) is 0 Å². The average molecular weight is 125 g/mol. The molecule has 0 aromatic heterocycles. The molecule has 2 saturated heterocycles. The van der Waals surface area contributed by atoms with Crippen molar-refractivity contribution in [1.82, 2.24) is 4.90 Å². The SMILES string of the molecule is CC1[C@@H]2C[C@H]1CN(C)C2. The average Bonchev–Trinajstić information content (AvgIpc) is 1.87. The van der Waals surface area contributed by atoms with Crippen LogP contribution in [0.3, 0.4) is 0 Å². The second kappa shape index (κ2) is 1.72. The van der Waals surface area contributed by atoms with Crippen LogP contribution >= 0.6 is 0 Å². The fourth-order valence-electron chi connectivity index (χ4n) is 2.36. The van der Waals surface area contributed by atoms with E-state index in [9.17, 15) is 0 Å². The van der Waals surface area contributed by atoms with Gasteiger partial charge in [0.05, 0.1) is 0 Å². The maximum atomic E-state index is 2.47. The van der Waals surface area contributed by atoms with E-state index >= 15 is 0 Å². The van der Waals surface area contributed by atoms with Crippen LogP contribution in [0.5, 0.6) is 0 Å². The Kier molecular flexibility index (Phi) is 1.10. The largest absolute Gasteiger partial charge is 0.306 e. The van der Waals surface area contributed by atoms with E-state index in [-0.39, 0.29) is 0 Å². The third-order valence-electron chi connectivity index (χ3n) is 3.19. The first-order chi connectivity index (χ1) is 4.27. The maximum absolute atomic E-state index is 2.47. The molecule has 2 bridgehead atoms. The molecule has 1 heteroatoms. The second-order valence-electron chi connectivity index (χ2n) is 3.84. The van der Waals surface area contributed by atoms with Crippen molar-refractivity contribution < 1.29 is 0 Å². The normalized spacial score (nSPS) is 50.7. The van der Waals surface area contributed by atoms with Crippen LogP contribution in [-0.2, 0) is 0 Å². The zero-order valence-electron chi connectivity index (χ0n) is 6.30. The topological polar surface area (TPSA) is 3.24 Å². The smallest absolute Gasteiger partial charge is 0.000949 e. The summed E-state index contributed by atoms with van der Waals surface area (Å²) in [5, 5.41) is 0. The number of piperidine rings is 2. The molecular weight excluding hydrogens is 110 g/mol. The predicted octanol–water partition coefficient (Wildman–Crippen LogP) is 1.20. The molecule has 0 aromatic rings. The Morgan fingerprint density at radius 3 is 2.11 bits per heavy atom. The Morgan fingerprint density at radius 2 is 1.78 bits per heavy atom. The summed E-state index contributed by atoms with van der Waals surface area (Å²) in [7, 11) is 2.24. The lowest BCUT2D eigenvalue weighted by molar-refractivity contribution is -0.0212. The van der Waals surface area contributed by atoms with Gasteiger partial charge in [0.1, 0.15) is 0 Å². The highest BCUT2D eigenvalue weighted by Gasteiger charge is 2.42. The van der Waals surface area contributed by atoms with E-state index in [2.05, 4.69) is 18.9 Å². The van der Waals surface area contributed by atoms with Gasteiger partial charge in [-0.1, -0.05) is 6.92 Å². The molecular formula is C8H15N. The van der Waals surface area contributed by atoms with Crippen molar-refractivity contribution in [3.8, 4) is 0 Å². The second-order valence-corrected chi connectivity index (χ2v) is 3.84. The minimum atomic E-state index is 1.04. The van der Waals surface area contributed by atoms with Crippen molar-refractivity contribution >= 4 is 0 Å². The third-order valence-corrected chi connectivity index (χ3v) is 3.19. The van der Waals surface area contributed by atoms with Crippen LogP contribution in [0.1, 0.15) is 13.3 Å². The highest BCUT2D eigenvalue weighted by atomic mass is 15.1. The highest BCUT2D eigenvalue weighted by Crippen LogP contribution is 2.44. The molecule has 3 rings (SSSR count). The first kappa shape index (κ1) is 5.72. The molecule has 2 aliphatic heterocycles. The van der Waals surface area contributed by atoms with Crippen LogP contribution in [0.25, 0.3) is 0 Å². The molecule has 1 aliphatic carbocycles. The van der Waals surface area contributed by atoms with Gasteiger partial charge in [0, 0.05) is 13.1 Å². The summed E-state index contributed by atoms with van der Waals surface area (Å²) < 4.78 is 0. The number of hydrogen-bond acceptors (Lipinski definition) is 1. The quantitative estimate of drug-likeness (QED) is 0.470. The van der Waals surface area contributed by atoms with Crippen LogP contribution in [0.15, 0.2) is 0 Å². The Morgan fingerprint density at radius 1 is 1.22 bits per heavy atom. The van der Waals surface area contributed by atoms with Gasteiger partial charge < -0.3 is 4.90 Å². The van der Waals surface area contributed by atoms with E-state index in [0.29, 0.717) is 0 Å². The van der Waals surface area contributed by atoms with Gasteiger partial charge in [-0.2, -0.15) is 0 Å². The van der Waals surface area contributed by atoms with Crippen LogP contribution in [0.2, 0.25) is 0 Å². The number of fused-ring (bicyclic) bond motifs is 2. The molecule has 0 radical (unpaired) electrons. The summed E-state index contributed by atoms with van der Waals surface area (Å²) in [6, 6.07) is 0. The van der Waals surface area contributed by atoms with Crippen molar-refractivity contribution in [3.63, 3.8) is 0 Å². The molecule has 3 aliphatic rings. The summed E-state index contributed by atoms with van der Waals surface area (Å²) in [5.74, 6) is 3.14. The lowest BCUT2D eigenvalue weighted by atomic mass is 9.63. The van der Waals surface area contributed by atoms with Gasteiger partial charge in [-0.3, -0.25) is 0 Å². The summed E-state index contributed by atoms with van der Waals surface area (Å²) in [5.41, 5.74) is 0. The van der Waals surface area contributed by atoms with E-state index in [1.54, 1.807) is 0 Å². The molecule has 1 unspecified atom stereocenters. The summed E-state index contributed by atoms with van der Waals surface area (Å²) >= 11 is 0. The molecule has 1 saturated carbocycles. The first-order valence-electron chi connectivity index (χ1n) is 3.96. The molecule has 0 spiro atoms. The minimum absolute atomic E-state index is 1.04. The summed E-state index contributed by atoms with van der Waals surface area (Å²) in [6.07, 6.45) is 1.52. The lowest BCUT2D eigenvalue weighted by Crippen LogP contribution is -2.52. The summed E-state index contributed by atoms with van der Waals surface area (Å²) in [4.78, 5) is 2.47. The fourth-order valence-corrected chi connectivity index (χ4v) is 2.36. The zero-order valence-corrected chi connectivity index (χ0v) is 6.30. The zero-order chi connectivity index (χ0) is 6.43. The molecule has 52 valence electrons. The molecule has 9 heavy (non-hydrogen) atoms. The standard InChI is InChI=1S/C8H15N/c1-6-7-3-8(6)5-9(2)4-7/h6-8H,3-5H2,1-2H3/t6?,7-,8+. The van der Waals surface area contributed by atoms with Crippen LogP contribution in [0, 0.1) is 17.8 Å². The van der Waals surface area contributed by atoms with E-state index in [1.807, 2.05) is 0 Å². The molecule has 3 fully saturated rings. The number of nitrogens with zero attached hydrogens (tertiary/aromatic N) is 1. The molecule has 0 amide bonds. The van der Waals surface area contributed by atoms with Gasteiger partial charge in [0.25, 0.3) is 0 Å². The van der Waals surface area contributed by atoms with Crippen molar-refractivity contribution in [2.24, 2.45) is 17.8 Å². The fraction of sp³-hybridized carbons (Fsp3) is 1.00. The summed E-state index contributed by atoms with van der Waals surface area (Å²) in [6.45, 7) is 5.13. The lowest BCUT2D eigenvalue weighted by Gasteiger charge is -2.51. The van der Waals surface area contributed by atoms with Crippen LogP contribution in [0.4, 0.5) is 0 Å². The molecule has 2 heterocycles. The Labute approximate surface area is 57.0 Å². The maximum Gasteiger partial charge on any atom is 0.000949 e. The molecule has 3 atom stereocenters. The van der Waals surface area contributed by atoms with E-state index in [4.69, 9.17) is 0 Å². The van der Waals surface area contributed by atoms with E-state index in [1.165, 1.54) is 19.5 Å². The monoisotopic (exact) mass is 125 g/mol. The Hall–Kier alpha value is -0.0400. The van der Waals surface area contributed by atoms with Gasteiger partial charge in [-0.15, -0.1) is 0 Å². The predicted molar refractivity (Wildman–Crippen MR) is 38.3 cm³/mol. The van der Waals surface area contributed by atoms with Gasteiger partial charge in [-0.05, 0) is 31.2 Å². The van der Waals surface area contributed by atoms with Crippen LogP contribution in [-0.4, -0.2) is 25.0 Å². The third kappa shape index (κ3) is 0.710. The van der Waals surface area contributed by atoms with Crippen molar-refractivity contribution in [2.45, 2.75) is 13.3 Å². The highest BCUT2D eigenvalue weighted by molar-refractivity contribution is 4.93. The molecule has 0 aromatic carbocycles. The van der Waals surface area contributed by atoms with E-state index in [0.717, 1.165) is 17.8 Å². The van der Waals surface area contributed by atoms with Crippen molar-refractivity contribution in [1.29, 1.82) is 0 Å². The van der Waals surface area contributed by atoms with E-state index < -0.39 is 0 Å². The number of hydrogen-bond donors (Lipinski definition) is 0. The molecule has 0 N–H and O–H groups in total. The van der Waals surface area contributed by atoms with Crippen LogP contribution < -0.4 is 0 Å². The van der Waals surface area contributed by atoms with Gasteiger partial charge in [0.2, 0.25) is 0 Å².